The summed E-state index contributed by atoms with van der Waals surface area (Å²) in [6.45, 7) is 1.23. The monoisotopic (exact) mass is 127 g/mol. The molecule has 1 atom stereocenters. The predicted octanol–water partition coefficient (Wildman–Crippen LogP) is -0.798. The van der Waals surface area contributed by atoms with E-state index in [0.717, 1.165) is 0 Å². The van der Waals surface area contributed by atoms with Crippen molar-refractivity contribution < 1.29 is 9.72 Å². The maximum absolute atomic E-state index is 9.50. The molecule has 0 N–H and O–H groups in total. The van der Waals surface area contributed by atoms with Crippen LogP contribution in [0.2, 0.25) is 0 Å². The van der Waals surface area contributed by atoms with Crippen LogP contribution in [0.5, 0.6) is 0 Å². The van der Waals surface area contributed by atoms with Gasteiger partial charge in [-0.15, -0.1) is 0 Å². The van der Waals surface area contributed by atoms with E-state index in [0.29, 0.717) is 6.29 Å². The van der Waals surface area contributed by atoms with Gasteiger partial charge in [-0.25, -0.2) is 0 Å². The second-order valence-corrected chi connectivity index (χ2v) is 1.16. The Morgan fingerprint density at radius 3 is 2.12 bits per heavy atom. The van der Waals surface area contributed by atoms with Gasteiger partial charge in [-0.2, -0.15) is 0 Å². The SMILES string of the molecule is CC(C=O)[N+](=O)[O-].[NaH]. The number of rotatable bonds is 2. The number of nitrogens with zero attached hydrogens (tertiary/aromatic N) is 1. The molecule has 0 aromatic carbocycles. The van der Waals surface area contributed by atoms with Gasteiger partial charge < -0.3 is 0 Å². The second-order valence-electron chi connectivity index (χ2n) is 1.16. The molecule has 0 aromatic rings. The minimum absolute atomic E-state index is 0. The molecule has 0 aliphatic carbocycles. The molecule has 0 rings (SSSR count). The Labute approximate surface area is 68.7 Å². The molecule has 0 amide bonds. The fourth-order valence-electron chi connectivity index (χ4n) is 0.0497. The molecule has 4 nitrogen and oxygen atoms in total. The third-order valence-corrected chi connectivity index (χ3v) is 0.529. The molecule has 0 saturated heterocycles. The van der Waals surface area contributed by atoms with E-state index in [1.54, 1.807) is 0 Å². The van der Waals surface area contributed by atoms with E-state index < -0.39 is 11.0 Å². The number of aldehydes is 1. The van der Waals surface area contributed by atoms with Crippen molar-refractivity contribution in [3.63, 3.8) is 0 Å². The standard InChI is InChI=1S/C3H5NO3.Na.H/c1-3(2-5)4(6)7;;/h2-3H,1H3;;. The third kappa shape index (κ3) is 4.23. The molecule has 0 radical (unpaired) electrons. The summed E-state index contributed by atoms with van der Waals surface area (Å²) in [4.78, 5) is 18.4. The van der Waals surface area contributed by atoms with Gasteiger partial charge in [0.05, 0.1) is 0 Å². The summed E-state index contributed by atoms with van der Waals surface area (Å²) in [5.74, 6) is 0. The van der Waals surface area contributed by atoms with Gasteiger partial charge in [-0.3, -0.25) is 14.9 Å². The first-order valence-electron chi connectivity index (χ1n) is 1.77. The summed E-state index contributed by atoms with van der Waals surface area (Å²) < 4.78 is 0. The van der Waals surface area contributed by atoms with Crippen LogP contribution < -0.4 is 0 Å². The Balaban J connectivity index is 0. The first-order valence-corrected chi connectivity index (χ1v) is 1.77. The Hall–Kier alpha value is 0.0700. The molecule has 8 heavy (non-hydrogen) atoms. The van der Waals surface area contributed by atoms with Gasteiger partial charge in [0, 0.05) is 11.8 Å². The molecule has 0 heterocycles. The van der Waals surface area contributed by atoms with Gasteiger partial charge >= 0.3 is 29.6 Å². The van der Waals surface area contributed by atoms with Crippen LogP contribution in [0.1, 0.15) is 6.92 Å². The quantitative estimate of drug-likeness (QED) is 0.211. The molecule has 0 aliphatic heterocycles. The van der Waals surface area contributed by atoms with Crippen LogP contribution in [0, 0.1) is 10.1 Å². The number of hydrogen-bond acceptors (Lipinski definition) is 3. The minimum atomic E-state index is -1.06. The van der Waals surface area contributed by atoms with Crippen molar-refractivity contribution in [3.8, 4) is 0 Å². The van der Waals surface area contributed by atoms with Crippen molar-refractivity contribution in [3.05, 3.63) is 10.1 Å². The molecule has 42 valence electrons. The van der Waals surface area contributed by atoms with Crippen molar-refractivity contribution in [2.45, 2.75) is 13.0 Å². The molecular weight excluding hydrogens is 121 g/mol. The molecular formula is C3H6NNaO3. The van der Waals surface area contributed by atoms with Gasteiger partial charge in [0.25, 0.3) is 6.04 Å². The summed E-state index contributed by atoms with van der Waals surface area (Å²) in [5, 5.41) is 9.50. The molecule has 1 unspecified atom stereocenters. The van der Waals surface area contributed by atoms with Gasteiger partial charge in [0.2, 0.25) is 0 Å². The van der Waals surface area contributed by atoms with Crippen LogP contribution in [-0.2, 0) is 4.79 Å². The second kappa shape index (κ2) is 5.21. The van der Waals surface area contributed by atoms with E-state index in [-0.39, 0.29) is 29.6 Å². The molecule has 0 fully saturated rings. The third-order valence-electron chi connectivity index (χ3n) is 0.529. The van der Waals surface area contributed by atoms with Gasteiger partial charge in [-0.1, -0.05) is 0 Å². The van der Waals surface area contributed by atoms with Gasteiger partial charge in [-0.05, 0) is 0 Å². The molecule has 0 saturated carbocycles. The first kappa shape index (κ1) is 10.9. The molecule has 0 spiro atoms. The number of nitro groups is 1. The zero-order valence-electron chi connectivity index (χ0n) is 3.83. The summed E-state index contributed by atoms with van der Waals surface area (Å²) >= 11 is 0. The van der Waals surface area contributed by atoms with Crippen LogP contribution in [0.3, 0.4) is 0 Å². The summed E-state index contributed by atoms with van der Waals surface area (Å²) in [6.07, 6.45) is 0.292. The van der Waals surface area contributed by atoms with Crippen LogP contribution in [0.4, 0.5) is 0 Å². The Kier molecular flexibility index (Phi) is 7.13. The van der Waals surface area contributed by atoms with E-state index in [9.17, 15) is 14.9 Å². The van der Waals surface area contributed by atoms with E-state index in [2.05, 4.69) is 0 Å². The van der Waals surface area contributed by atoms with Crippen LogP contribution in [0.25, 0.3) is 0 Å². The summed E-state index contributed by atoms with van der Waals surface area (Å²) in [5.41, 5.74) is 0. The maximum atomic E-state index is 9.50. The van der Waals surface area contributed by atoms with Crippen molar-refractivity contribution in [1.82, 2.24) is 0 Å². The van der Waals surface area contributed by atoms with Crippen LogP contribution in [-0.4, -0.2) is 46.8 Å². The van der Waals surface area contributed by atoms with Gasteiger partial charge in [0.15, 0.2) is 6.29 Å². The zero-order valence-corrected chi connectivity index (χ0v) is 3.83. The molecule has 5 heteroatoms. The number of carbonyl (C=O) groups excluding carboxylic acids is 1. The van der Waals surface area contributed by atoms with Crippen molar-refractivity contribution in [2.75, 3.05) is 0 Å². The van der Waals surface area contributed by atoms with Crippen molar-refractivity contribution in [1.29, 1.82) is 0 Å². The molecule has 0 aromatic heterocycles. The van der Waals surface area contributed by atoms with E-state index >= 15 is 0 Å². The summed E-state index contributed by atoms with van der Waals surface area (Å²) in [7, 11) is 0. The van der Waals surface area contributed by atoms with E-state index in [1.165, 1.54) is 6.92 Å². The van der Waals surface area contributed by atoms with Crippen LogP contribution >= 0.6 is 0 Å². The average Bonchev–Trinajstić information content (AvgIpc) is 1.65. The summed E-state index contributed by atoms with van der Waals surface area (Å²) in [6, 6.07) is -1.06. The molecule has 0 bridgehead atoms. The van der Waals surface area contributed by atoms with Gasteiger partial charge in [0.1, 0.15) is 0 Å². The topological polar surface area (TPSA) is 60.2 Å². The Morgan fingerprint density at radius 1 is 1.75 bits per heavy atom. The number of carbonyl (C=O) groups is 1. The molecule has 0 aliphatic rings. The van der Waals surface area contributed by atoms with Crippen molar-refractivity contribution in [2.24, 2.45) is 0 Å². The fourth-order valence-corrected chi connectivity index (χ4v) is 0.0497. The number of hydrogen-bond donors (Lipinski definition) is 0. The average molecular weight is 127 g/mol. The zero-order chi connectivity index (χ0) is 5.86. The Morgan fingerprint density at radius 2 is 2.12 bits per heavy atom. The van der Waals surface area contributed by atoms with E-state index in [1.807, 2.05) is 0 Å². The normalized spacial score (nSPS) is 11.1. The fraction of sp³-hybridized carbons (Fsp3) is 0.667. The van der Waals surface area contributed by atoms with E-state index in [4.69, 9.17) is 0 Å². The predicted molar refractivity (Wildman–Crippen MR) is 29.7 cm³/mol. The van der Waals surface area contributed by atoms with Crippen LogP contribution in [0.15, 0.2) is 0 Å². The Bertz CT molecular complexity index is 94.5. The first-order chi connectivity index (χ1) is 3.18. The van der Waals surface area contributed by atoms with Crippen molar-refractivity contribution >= 4 is 35.8 Å².